The van der Waals surface area contributed by atoms with Crippen LogP contribution in [-0.4, -0.2) is 22.2 Å². The van der Waals surface area contributed by atoms with Crippen LogP contribution in [-0.2, 0) is 11.2 Å². The molecule has 1 heterocycles. The van der Waals surface area contributed by atoms with Crippen molar-refractivity contribution in [2.45, 2.75) is 26.4 Å². The highest BCUT2D eigenvalue weighted by Gasteiger charge is 2.15. The van der Waals surface area contributed by atoms with Gasteiger partial charge in [0.25, 0.3) is 0 Å². The third-order valence-corrected chi connectivity index (χ3v) is 4.12. The maximum absolute atomic E-state index is 11.0. The van der Waals surface area contributed by atoms with Crippen molar-refractivity contribution in [1.29, 1.82) is 0 Å². The molecule has 122 valence electrons. The third kappa shape index (κ3) is 3.23. The van der Waals surface area contributed by atoms with Crippen molar-refractivity contribution in [2.24, 2.45) is 0 Å². The molecular formula is C20H19NO3. The molecule has 1 N–H and O–H groups in total. The summed E-state index contributed by atoms with van der Waals surface area (Å²) in [7, 11) is 0. The molecule has 0 saturated heterocycles. The van der Waals surface area contributed by atoms with Crippen LogP contribution in [0.1, 0.15) is 23.6 Å². The molecule has 0 bridgehead atoms. The molecule has 0 aliphatic carbocycles. The summed E-state index contributed by atoms with van der Waals surface area (Å²) in [4.78, 5) is 15.2. The van der Waals surface area contributed by atoms with Gasteiger partial charge >= 0.3 is 5.97 Å². The van der Waals surface area contributed by atoms with E-state index in [9.17, 15) is 4.79 Å². The number of nitrogens with zero attached hydrogens (tertiary/aromatic N) is 1. The van der Waals surface area contributed by atoms with Crippen LogP contribution in [0.3, 0.4) is 0 Å². The lowest BCUT2D eigenvalue weighted by Crippen LogP contribution is -2.23. The average molecular weight is 321 g/mol. The van der Waals surface area contributed by atoms with Gasteiger partial charge in [0.1, 0.15) is 5.75 Å². The fraction of sp³-hybridized carbons (Fsp3) is 0.200. The normalized spacial score (nSPS) is 12.1. The van der Waals surface area contributed by atoms with Gasteiger partial charge in [-0.1, -0.05) is 36.4 Å². The number of hydrogen-bond acceptors (Lipinski definition) is 3. The molecular weight excluding hydrogens is 302 g/mol. The molecule has 0 amide bonds. The maximum atomic E-state index is 11.0. The predicted molar refractivity (Wildman–Crippen MR) is 93.5 cm³/mol. The van der Waals surface area contributed by atoms with Crippen LogP contribution >= 0.6 is 0 Å². The fourth-order valence-corrected chi connectivity index (χ4v) is 2.77. The van der Waals surface area contributed by atoms with Crippen molar-refractivity contribution in [3.05, 3.63) is 71.5 Å². The van der Waals surface area contributed by atoms with E-state index in [2.05, 4.69) is 36.2 Å². The SMILES string of the molecule is Cc1ccc(Cc2cnccc2OC(C)C(=O)O)c2ccccc12. The highest BCUT2D eigenvalue weighted by molar-refractivity contribution is 5.88. The lowest BCUT2D eigenvalue weighted by molar-refractivity contribution is -0.144. The molecule has 1 aromatic heterocycles. The number of benzene rings is 2. The smallest absolute Gasteiger partial charge is 0.344 e. The summed E-state index contributed by atoms with van der Waals surface area (Å²) in [5, 5.41) is 11.5. The summed E-state index contributed by atoms with van der Waals surface area (Å²) in [6.45, 7) is 3.62. The standard InChI is InChI=1S/C20H19NO3/c1-13-7-8-15(18-6-4-3-5-17(13)18)11-16-12-21-10-9-19(16)24-14(2)20(22)23/h3-10,12,14H,11H2,1-2H3,(H,22,23). The third-order valence-electron chi connectivity index (χ3n) is 4.12. The molecule has 0 spiro atoms. The first kappa shape index (κ1) is 16.0. The number of hydrogen-bond donors (Lipinski definition) is 1. The van der Waals surface area contributed by atoms with Crippen LogP contribution in [0, 0.1) is 6.92 Å². The van der Waals surface area contributed by atoms with Gasteiger partial charge in [0.05, 0.1) is 0 Å². The van der Waals surface area contributed by atoms with Crippen LogP contribution in [0.4, 0.5) is 0 Å². The van der Waals surface area contributed by atoms with E-state index in [0.29, 0.717) is 12.2 Å². The van der Waals surface area contributed by atoms with Crippen molar-refractivity contribution >= 4 is 16.7 Å². The van der Waals surface area contributed by atoms with Gasteiger partial charge in [-0.25, -0.2) is 4.79 Å². The minimum atomic E-state index is -0.987. The Morgan fingerprint density at radius 1 is 1.12 bits per heavy atom. The lowest BCUT2D eigenvalue weighted by Gasteiger charge is -2.15. The molecule has 24 heavy (non-hydrogen) atoms. The fourth-order valence-electron chi connectivity index (χ4n) is 2.77. The summed E-state index contributed by atoms with van der Waals surface area (Å²) >= 11 is 0. The molecule has 4 heteroatoms. The molecule has 0 aliphatic heterocycles. The van der Waals surface area contributed by atoms with Crippen LogP contribution in [0.25, 0.3) is 10.8 Å². The minimum Gasteiger partial charge on any atom is -0.479 e. The second kappa shape index (κ2) is 6.71. The zero-order valence-electron chi connectivity index (χ0n) is 13.7. The summed E-state index contributed by atoms with van der Waals surface area (Å²) in [5.74, 6) is -0.428. The molecule has 3 rings (SSSR count). The molecule has 0 aliphatic rings. The number of carboxylic acid groups (broad SMARTS) is 1. The molecule has 1 unspecified atom stereocenters. The van der Waals surface area contributed by atoms with E-state index < -0.39 is 12.1 Å². The molecule has 3 aromatic rings. The second-order valence-corrected chi connectivity index (χ2v) is 5.85. The van der Waals surface area contributed by atoms with Crippen LogP contribution in [0.15, 0.2) is 54.9 Å². The first-order valence-electron chi connectivity index (χ1n) is 7.86. The second-order valence-electron chi connectivity index (χ2n) is 5.85. The Balaban J connectivity index is 1.98. The monoisotopic (exact) mass is 321 g/mol. The van der Waals surface area contributed by atoms with Crippen molar-refractivity contribution in [3.63, 3.8) is 0 Å². The minimum absolute atomic E-state index is 0.560. The zero-order valence-corrected chi connectivity index (χ0v) is 13.7. The van der Waals surface area contributed by atoms with Crippen LogP contribution < -0.4 is 4.74 Å². The van der Waals surface area contributed by atoms with Gasteiger partial charge < -0.3 is 9.84 Å². The zero-order chi connectivity index (χ0) is 17.1. The molecule has 1 atom stereocenters. The number of rotatable bonds is 5. The van der Waals surface area contributed by atoms with E-state index in [0.717, 1.165) is 11.1 Å². The van der Waals surface area contributed by atoms with E-state index in [4.69, 9.17) is 9.84 Å². The lowest BCUT2D eigenvalue weighted by atomic mass is 9.96. The quantitative estimate of drug-likeness (QED) is 0.772. The van der Waals surface area contributed by atoms with Crippen LogP contribution in [0.2, 0.25) is 0 Å². The van der Waals surface area contributed by atoms with Crippen LogP contribution in [0.5, 0.6) is 5.75 Å². The van der Waals surface area contributed by atoms with Crippen molar-refractivity contribution in [3.8, 4) is 5.75 Å². The summed E-state index contributed by atoms with van der Waals surface area (Å²) in [6.07, 6.45) is 3.08. The first-order chi connectivity index (χ1) is 11.6. The Morgan fingerprint density at radius 2 is 1.88 bits per heavy atom. The predicted octanol–water partition coefficient (Wildman–Crippen LogP) is 3.99. The Morgan fingerprint density at radius 3 is 2.62 bits per heavy atom. The topological polar surface area (TPSA) is 59.4 Å². The van der Waals surface area contributed by atoms with Gasteiger partial charge in [-0.15, -0.1) is 0 Å². The molecule has 2 aromatic carbocycles. The van der Waals surface area contributed by atoms with E-state index in [1.165, 1.54) is 23.3 Å². The number of aryl methyl sites for hydroxylation is 1. The Hall–Kier alpha value is -2.88. The first-order valence-corrected chi connectivity index (χ1v) is 7.86. The number of carbonyl (C=O) groups is 1. The Bertz CT molecular complexity index is 889. The van der Waals surface area contributed by atoms with Crippen molar-refractivity contribution < 1.29 is 14.6 Å². The highest BCUT2D eigenvalue weighted by atomic mass is 16.5. The number of aliphatic carboxylic acids is 1. The number of aromatic nitrogens is 1. The van der Waals surface area contributed by atoms with Crippen molar-refractivity contribution in [1.82, 2.24) is 4.98 Å². The number of fused-ring (bicyclic) bond motifs is 1. The van der Waals surface area contributed by atoms with E-state index in [-0.39, 0.29) is 0 Å². The number of carboxylic acids is 1. The van der Waals surface area contributed by atoms with E-state index in [1.807, 2.05) is 12.1 Å². The average Bonchev–Trinajstić information content (AvgIpc) is 2.59. The molecule has 0 radical (unpaired) electrons. The summed E-state index contributed by atoms with van der Waals surface area (Å²) in [6, 6.07) is 14.2. The Kier molecular flexibility index (Phi) is 4.47. The van der Waals surface area contributed by atoms with Gasteiger partial charge in [-0.05, 0) is 41.8 Å². The van der Waals surface area contributed by atoms with Crippen molar-refractivity contribution in [2.75, 3.05) is 0 Å². The van der Waals surface area contributed by atoms with Gasteiger partial charge in [-0.2, -0.15) is 0 Å². The van der Waals surface area contributed by atoms with E-state index >= 15 is 0 Å². The maximum Gasteiger partial charge on any atom is 0.344 e. The van der Waals surface area contributed by atoms with Gasteiger partial charge in [-0.3, -0.25) is 4.98 Å². The summed E-state index contributed by atoms with van der Waals surface area (Å²) < 4.78 is 5.58. The van der Waals surface area contributed by atoms with Gasteiger partial charge in [0.2, 0.25) is 0 Å². The van der Waals surface area contributed by atoms with E-state index in [1.54, 1.807) is 18.5 Å². The highest BCUT2D eigenvalue weighted by Crippen LogP contribution is 2.27. The number of pyridine rings is 1. The Labute approximate surface area is 140 Å². The largest absolute Gasteiger partial charge is 0.479 e. The summed E-state index contributed by atoms with van der Waals surface area (Å²) in [5.41, 5.74) is 3.27. The van der Waals surface area contributed by atoms with Gasteiger partial charge in [0, 0.05) is 24.4 Å². The molecule has 4 nitrogen and oxygen atoms in total. The molecule has 0 saturated carbocycles. The number of ether oxygens (including phenoxy) is 1. The van der Waals surface area contributed by atoms with Gasteiger partial charge in [0.15, 0.2) is 6.10 Å². The molecule has 0 fully saturated rings.